The van der Waals surface area contributed by atoms with Crippen molar-refractivity contribution in [1.82, 2.24) is 19.4 Å². The number of fused-ring (bicyclic) bond motifs is 1. The zero-order chi connectivity index (χ0) is 22.1. The summed E-state index contributed by atoms with van der Waals surface area (Å²) in [5, 5.41) is 4.50. The van der Waals surface area contributed by atoms with Gasteiger partial charge in [-0.1, -0.05) is 18.2 Å². The van der Waals surface area contributed by atoms with Crippen molar-refractivity contribution in [1.29, 1.82) is 0 Å². The number of carbonyl (C=O) groups excluding carboxylic acids is 1. The fourth-order valence-electron chi connectivity index (χ4n) is 4.28. The van der Waals surface area contributed by atoms with E-state index in [1.807, 2.05) is 42.3 Å². The maximum atomic E-state index is 11.5. The van der Waals surface area contributed by atoms with E-state index in [0.717, 1.165) is 48.8 Å². The van der Waals surface area contributed by atoms with Crippen LogP contribution in [0.5, 0.6) is 0 Å². The Morgan fingerprint density at radius 1 is 0.969 bits per heavy atom. The van der Waals surface area contributed by atoms with Crippen LogP contribution >= 0.6 is 0 Å². The van der Waals surface area contributed by atoms with E-state index in [4.69, 9.17) is 4.98 Å². The Hall–Kier alpha value is -3.87. The highest BCUT2D eigenvalue weighted by Gasteiger charge is 2.18. The average Bonchev–Trinajstić information content (AvgIpc) is 3.17. The van der Waals surface area contributed by atoms with Crippen molar-refractivity contribution in [2.75, 3.05) is 36.4 Å². The summed E-state index contributed by atoms with van der Waals surface area (Å²) in [6, 6.07) is 18.5. The van der Waals surface area contributed by atoms with Crippen LogP contribution in [0.25, 0.3) is 22.2 Å². The van der Waals surface area contributed by atoms with Gasteiger partial charge in [-0.25, -0.2) is 9.97 Å². The van der Waals surface area contributed by atoms with Gasteiger partial charge in [-0.3, -0.25) is 4.79 Å². The van der Waals surface area contributed by atoms with E-state index in [1.165, 1.54) is 10.9 Å². The lowest BCUT2D eigenvalue weighted by molar-refractivity contribution is -0.129. The Balaban J connectivity index is 1.31. The molecule has 0 spiro atoms. The molecule has 32 heavy (non-hydrogen) atoms. The summed E-state index contributed by atoms with van der Waals surface area (Å²) in [6.07, 6.45) is 3.90. The molecule has 7 nitrogen and oxygen atoms in total. The lowest BCUT2D eigenvalue weighted by atomic mass is 10.1. The van der Waals surface area contributed by atoms with E-state index >= 15 is 0 Å². The first-order valence-electron chi connectivity index (χ1n) is 10.8. The fourth-order valence-corrected chi connectivity index (χ4v) is 4.28. The molecule has 0 unspecified atom stereocenters. The van der Waals surface area contributed by atoms with Crippen molar-refractivity contribution in [3.63, 3.8) is 0 Å². The van der Waals surface area contributed by atoms with Crippen LogP contribution in [-0.2, 0) is 11.8 Å². The molecular weight excluding hydrogens is 400 g/mol. The maximum Gasteiger partial charge on any atom is 0.227 e. The number of aromatic nitrogens is 3. The number of nitrogens with zero attached hydrogens (tertiary/aromatic N) is 5. The third-order valence-electron chi connectivity index (χ3n) is 6.04. The number of para-hydroxylation sites is 1. The minimum atomic E-state index is 0.148. The Morgan fingerprint density at radius 2 is 1.72 bits per heavy atom. The number of rotatable bonds is 4. The Morgan fingerprint density at radius 3 is 2.47 bits per heavy atom. The second kappa shape index (κ2) is 8.34. The molecular formula is C25H26N6O. The number of hydrogen-bond donors (Lipinski definition) is 1. The van der Waals surface area contributed by atoms with E-state index < -0.39 is 0 Å². The Bertz CT molecular complexity index is 1260. The highest BCUT2D eigenvalue weighted by Crippen LogP contribution is 2.29. The standard InChI is InChI=1S/C25H26N6O/c1-18(32)30-13-15-31(16-14-30)20-9-7-19(8-10-20)27-25-26-12-11-23(28-25)22-17-29(2)24-6-4-3-5-21(22)24/h3-12,17H,13-16H2,1-2H3,(H,26,27,28). The van der Waals surface area contributed by atoms with Crippen molar-refractivity contribution in [3.05, 3.63) is 67.0 Å². The number of carbonyl (C=O) groups is 1. The van der Waals surface area contributed by atoms with Gasteiger partial charge in [-0.2, -0.15) is 0 Å². The first-order valence-corrected chi connectivity index (χ1v) is 10.8. The molecule has 0 atom stereocenters. The molecule has 1 amide bonds. The smallest absolute Gasteiger partial charge is 0.227 e. The van der Waals surface area contributed by atoms with Gasteiger partial charge < -0.3 is 19.7 Å². The molecule has 0 bridgehead atoms. The third-order valence-corrected chi connectivity index (χ3v) is 6.04. The van der Waals surface area contributed by atoms with Gasteiger partial charge >= 0.3 is 0 Å². The van der Waals surface area contributed by atoms with Gasteiger partial charge in [-0.15, -0.1) is 0 Å². The van der Waals surface area contributed by atoms with Crippen LogP contribution in [0.3, 0.4) is 0 Å². The highest BCUT2D eigenvalue weighted by molar-refractivity contribution is 5.95. The van der Waals surface area contributed by atoms with E-state index in [1.54, 1.807) is 13.1 Å². The molecule has 1 N–H and O–H groups in total. The summed E-state index contributed by atoms with van der Waals surface area (Å²) >= 11 is 0. The van der Waals surface area contributed by atoms with Crippen LogP contribution in [0.2, 0.25) is 0 Å². The summed E-state index contributed by atoms with van der Waals surface area (Å²) in [4.78, 5) is 24.9. The van der Waals surface area contributed by atoms with Gasteiger partial charge in [0.25, 0.3) is 0 Å². The Kier molecular flexibility index (Phi) is 5.23. The molecule has 5 rings (SSSR count). The number of nitrogens with one attached hydrogen (secondary N) is 1. The molecule has 0 aliphatic carbocycles. The van der Waals surface area contributed by atoms with Crippen molar-refractivity contribution in [3.8, 4) is 11.3 Å². The average molecular weight is 427 g/mol. The molecule has 4 aromatic rings. The summed E-state index contributed by atoms with van der Waals surface area (Å²) in [5.41, 5.74) is 5.25. The van der Waals surface area contributed by atoms with Gasteiger partial charge in [0.2, 0.25) is 11.9 Å². The number of anilines is 3. The van der Waals surface area contributed by atoms with Crippen molar-refractivity contribution >= 4 is 34.1 Å². The second-order valence-electron chi connectivity index (χ2n) is 8.10. The minimum absolute atomic E-state index is 0.148. The molecule has 2 aromatic carbocycles. The zero-order valence-corrected chi connectivity index (χ0v) is 18.3. The van der Waals surface area contributed by atoms with Crippen LogP contribution < -0.4 is 10.2 Å². The van der Waals surface area contributed by atoms with Crippen LogP contribution in [0.4, 0.5) is 17.3 Å². The quantitative estimate of drug-likeness (QED) is 0.533. The molecule has 0 saturated carbocycles. The SMILES string of the molecule is CC(=O)N1CCN(c2ccc(Nc3nccc(-c4cn(C)c5ccccc45)n3)cc2)CC1. The Labute approximate surface area is 187 Å². The normalized spacial score (nSPS) is 14.1. The molecule has 1 aliphatic rings. The maximum absolute atomic E-state index is 11.5. The van der Waals surface area contributed by atoms with Gasteiger partial charge in [-0.05, 0) is 36.4 Å². The second-order valence-corrected chi connectivity index (χ2v) is 8.10. The van der Waals surface area contributed by atoms with Gasteiger partial charge in [0.05, 0.1) is 5.69 Å². The molecule has 0 radical (unpaired) electrons. The van der Waals surface area contributed by atoms with Crippen LogP contribution in [0, 0.1) is 0 Å². The molecule has 1 fully saturated rings. The third kappa shape index (κ3) is 3.89. The molecule has 7 heteroatoms. The zero-order valence-electron chi connectivity index (χ0n) is 18.3. The van der Waals surface area contributed by atoms with Crippen LogP contribution in [0.1, 0.15) is 6.92 Å². The van der Waals surface area contributed by atoms with Gasteiger partial charge in [0.1, 0.15) is 0 Å². The lowest BCUT2D eigenvalue weighted by Crippen LogP contribution is -2.48. The largest absolute Gasteiger partial charge is 0.368 e. The predicted octanol–water partition coefficient (Wildman–Crippen LogP) is 4.05. The number of benzene rings is 2. The van der Waals surface area contributed by atoms with E-state index in [0.29, 0.717) is 5.95 Å². The number of hydrogen-bond acceptors (Lipinski definition) is 5. The summed E-state index contributed by atoms with van der Waals surface area (Å²) in [5.74, 6) is 0.716. The van der Waals surface area contributed by atoms with Crippen LogP contribution in [-0.4, -0.2) is 51.5 Å². The molecule has 1 aliphatic heterocycles. The lowest BCUT2D eigenvalue weighted by Gasteiger charge is -2.35. The topological polar surface area (TPSA) is 66.3 Å². The number of piperazine rings is 1. The molecule has 2 aromatic heterocycles. The van der Waals surface area contributed by atoms with Crippen molar-refractivity contribution in [2.24, 2.45) is 7.05 Å². The van der Waals surface area contributed by atoms with E-state index in [2.05, 4.69) is 50.2 Å². The van der Waals surface area contributed by atoms with Crippen molar-refractivity contribution in [2.45, 2.75) is 6.92 Å². The molecule has 162 valence electrons. The monoisotopic (exact) mass is 426 g/mol. The first kappa shape index (κ1) is 20.1. The summed E-state index contributed by atoms with van der Waals surface area (Å²) in [7, 11) is 2.05. The fraction of sp³-hybridized carbons (Fsp3) is 0.240. The van der Waals surface area contributed by atoms with E-state index in [-0.39, 0.29) is 5.91 Å². The van der Waals surface area contributed by atoms with Crippen molar-refractivity contribution < 1.29 is 4.79 Å². The van der Waals surface area contributed by atoms with Crippen LogP contribution in [0.15, 0.2) is 67.0 Å². The first-order chi connectivity index (χ1) is 15.6. The van der Waals surface area contributed by atoms with Gasteiger partial charge in [0.15, 0.2) is 0 Å². The highest BCUT2D eigenvalue weighted by atomic mass is 16.2. The predicted molar refractivity (Wildman–Crippen MR) is 128 cm³/mol. The molecule has 3 heterocycles. The number of amides is 1. The van der Waals surface area contributed by atoms with Gasteiger partial charge in [0, 0.05) is 80.4 Å². The number of aryl methyl sites for hydroxylation is 1. The molecule has 1 saturated heterocycles. The van der Waals surface area contributed by atoms with E-state index in [9.17, 15) is 4.79 Å². The minimum Gasteiger partial charge on any atom is -0.368 e. The summed E-state index contributed by atoms with van der Waals surface area (Å²) < 4.78 is 2.12. The summed E-state index contributed by atoms with van der Waals surface area (Å²) in [6.45, 7) is 4.87.